The van der Waals surface area contributed by atoms with Gasteiger partial charge in [0, 0.05) is 18.4 Å². The molecule has 9 heteroatoms. The minimum atomic E-state index is -4.92. The summed E-state index contributed by atoms with van der Waals surface area (Å²) in [6.07, 6.45) is -6.18. The van der Waals surface area contributed by atoms with Gasteiger partial charge in [-0.25, -0.2) is 0 Å². The van der Waals surface area contributed by atoms with Crippen LogP contribution in [-0.4, -0.2) is 17.7 Å². The summed E-state index contributed by atoms with van der Waals surface area (Å²) in [5, 5.41) is 0.174. The fraction of sp³-hybridized carbons (Fsp3) is 0.333. The van der Waals surface area contributed by atoms with Crippen molar-refractivity contribution >= 4 is 29.2 Å². The van der Waals surface area contributed by atoms with Crippen molar-refractivity contribution in [2.24, 2.45) is 5.92 Å². The van der Waals surface area contributed by atoms with E-state index in [9.17, 15) is 35.9 Å². The van der Waals surface area contributed by atoms with Crippen LogP contribution in [0.5, 0.6) is 0 Å². The van der Waals surface area contributed by atoms with E-state index in [1.165, 1.54) is 24.3 Å². The lowest BCUT2D eigenvalue weighted by Gasteiger charge is -2.20. The van der Waals surface area contributed by atoms with E-state index in [2.05, 4.69) is 0 Å². The zero-order valence-corrected chi connectivity index (χ0v) is 17.9. The SMILES string of the molecule is O=C(/C=C\c1ccc(C(=O)CC2CC2)c(Cl)c1)CC(c1cccc(C(F)(F)F)c1)C(F)(F)F. The maximum atomic E-state index is 13.5. The van der Waals surface area contributed by atoms with Gasteiger partial charge in [-0.05, 0) is 54.2 Å². The lowest BCUT2D eigenvalue weighted by atomic mass is 9.91. The van der Waals surface area contributed by atoms with Gasteiger partial charge >= 0.3 is 12.4 Å². The third-order valence-corrected chi connectivity index (χ3v) is 5.66. The molecule has 2 aromatic rings. The highest BCUT2D eigenvalue weighted by molar-refractivity contribution is 6.34. The number of carbonyl (C=O) groups is 2. The maximum absolute atomic E-state index is 13.5. The molecular weight excluding hydrogens is 470 g/mol. The highest BCUT2D eigenvalue weighted by Gasteiger charge is 2.42. The van der Waals surface area contributed by atoms with Crippen LogP contribution >= 0.6 is 11.6 Å². The molecule has 0 aliphatic heterocycles. The molecule has 1 fully saturated rings. The van der Waals surface area contributed by atoms with Crippen LogP contribution in [0.2, 0.25) is 5.02 Å². The number of benzene rings is 2. The first-order chi connectivity index (χ1) is 15.3. The molecule has 2 aromatic carbocycles. The molecule has 33 heavy (non-hydrogen) atoms. The van der Waals surface area contributed by atoms with Gasteiger partial charge < -0.3 is 0 Å². The molecule has 1 aliphatic carbocycles. The number of hydrogen-bond donors (Lipinski definition) is 0. The average Bonchev–Trinajstić information content (AvgIpc) is 3.53. The van der Waals surface area contributed by atoms with Crippen molar-refractivity contribution < 1.29 is 35.9 Å². The van der Waals surface area contributed by atoms with Crippen molar-refractivity contribution in [1.29, 1.82) is 0 Å². The second-order valence-electron chi connectivity index (χ2n) is 8.03. The molecule has 1 saturated carbocycles. The zero-order chi connectivity index (χ0) is 24.4. The number of Topliss-reactive ketones (excluding diaryl/α,β-unsaturated/α-hetero) is 1. The molecular formula is C24H19ClF6O2. The molecule has 0 spiro atoms. The summed E-state index contributed by atoms with van der Waals surface area (Å²) in [7, 11) is 0. The molecule has 176 valence electrons. The average molecular weight is 489 g/mol. The van der Waals surface area contributed by atoms with E-state index in [0.29, 0.717) is 35.6 Å². The molecule has 0 saturated heterocycles. The minimum Gasteiger partial charge on any atom is -0.295 e. The van der Waals surface area contributed by atoms with Gasteiger partial charge in [0.2, 0.25) is 0 Å². The molecule has 0 aromatic heterocycles. The number of rotatable bonds is 8. The van der Waals surface area contributed by atoms with Crippen molar-refractivity contribution in [2.75, 3.05) is 0 Å². The van der Waals surface area contributed by atoms with Gasteiger partial charge in [0.25, 0.3) is 0 Å². The highest BCUT2D eigenvalue weighted by Crippen LogP contribution is 2.40. The summed E-state index contributed by atoms with van der Waals surface area (Å²) in [5.74, 6) is -3.02. The van der Waals surface area contributed by atoms with Crippen molar-refractivity contribution in [3.8, 4) is 0 Å². The molecule has 0 radical (unpaired) electrons. The Morgan fingerprint density at radius 2 is 1.73 bits per heavy atom. The van der Waals surface area contributed by atoms with Crippen molar-refractivity contribution in [2.45, 2.75) is 44.0 Å². The Morgan fingerprint density at radius 3 is 2.30 bits per heavy atom. The van der Waals surface area contributed by atoms with Crippen LogP contribution in [0.3, 0.4) is 0 Å². The highest BCUT2D eigenvalue weighted by atomic mass is 35.5. The Hall–Kier alpha value is -2.61. The maximum Gasteiger partial charge on any atom is 0.416 e. The summed E-state index contributed by atoms with van der Waals surface area (Å²) in [4.78, 5) is 24.4. The Morgan fingerprint density at radius 1 is 1.03 bits per heavy atom. The first kappa shape index (κ1) is 25.0. The van der Waals surface area contributed by atoms with Crippen LogP contribution in [0.15, 0.2) is 48.5 Å². The molecule has 0 N–H and O–H groups in total. The second kappa shape index (κ2) is 9.71. The van der Waals surface area contributed by atoms with Crippen molar-refractivity contribution in [1.82, 2.24) is 0 Å². The lowest BCUT2D eigenvalue weighted by Crippen LogP contribution is -2.23. The third-order valence-electron chi connectivity index (χ3n) is 5.34. The van der Waals surface area contributed by atoms with Crippen LogP contribution in [-0.2, 0) is 11.0 Å². The van der Waals surface area contributed by atoms with Crippen LogP contribution in [0.4, 0.5) is 26.3 Å². The summed E-state index contributed by atoms with van der Waals surface area (Å²) >= 11 is 6.14. The smallest absolute Gasteiger partial charge is 0.295 e. The number of carbonyl (C=O) groups excluding carboxylic acids is 2. The Bertz CT molecular complexity index is 1070. The van der Waals surface area contributed by atoms with Gasteiger partial charge in [-0.3, -0.25) is 9.59 Å². The van der Waals surface area contributed by atoms with Crippen LogP contribution in [0.25, 0.3) is 6.08 Å². The molecule has 1 aliphatic rings. The van der Waals surface area contributed by atoms with Crippen molar-refractivity contribution in [3.63, 3.8) is 0 Å². The molecule has 3 rings (SSSR count). The topological polar surface area (TPSA) is 34.1 Å². The first-order valence-corrected chi connectivity index (χ1v) is 10.5. The van der Waals surface area contributed by atoms with Crippen LogP contribution < -0.4 is 0 Å². The molecule has 2 nitrogen and oxygen atoms in total. The molecule has 1 unspecified atom stereocenters. The second-order valence-corrected chi connectivity index (χ2v) is 8.44. The van der Waals surface area contributed by atoms with Crippen molar-refractivity contribution in [3.05, 3.63) is 75.8 Å². The monoisotopic (exact) mass is 488 g/mol. The molecule has 1 atom stereocenters. The predicted molar refractivity (Wildman–Crippen MR) is 112 cm³/mol. The van der Waals surface area contributed by atoms with E-state index in [1.807, 2.05) is 0 Å². The fourth-order valence-corrected chi connectivity index (χ4v) is 3.66. The number of hydrogen-bond acceptors (Lipinski definition) is 2. The van der Waals surface area contributed by atoms with E-state index in [0.717, 1.165) is 31.1 Å². The van der Waals surface area contributed by atoms with E-state index in [1.54, 1.807) is 0 Å². The van der Waals surface area contributed by atoms with Gasteiger partial charge in [0.15, 0.2) is 11.6 Å². The lowest BCUT2D eigenvalue weighted by molar-refractivity contribution is -0.156. The van der Waals surface area contributed by atoms with E-state index in [4.69, 9.17) is 11.6 Å². The largest absolute Gasteiger partial charge is 0.416 e. The summed E-state index contributed by atoms with van der Waals surface area (Å²) < 4.78 is 79.2. The predicted octanol–water partition coefficient (Wildman–Crippen LogP) is 7.66. The van der Waals surface area contributed by atoms with E-state index >= 15 is 0 Å². The summed E-state index contributed by atoms with van der Waals surface area (Å²) in [5.41, 5.74) is -1.11. The third kappa shape index (κ3) is 6.93. The number of halogens is 7. The quantitative estimate of drug-likeness (QED) is 0.217. The van der Waals surface area contributed by atoms with Gasteiger partial charge in [-0.2, -0.15) is 26.3 Å². The first-order valence-electron chi connectivity index (χ1n) is 10.1. The standard InChI is InChI=1S/C24H19ClF6O2/c25-21-10-14(7-9-19(21)22(33)11-15-4-5-15)6-8-18(32)13-20(24(29,30)31)16-2-1-3-17(12-16)23(26,27)28/h1-3,6-10,12,15,20H,4-5,11,13H2/b8-6-. The molecule has 0 amide bonds. The van der Waals surface area contributed by atoms with Gasteiger partial charge in [-0.15, -0.1) is 0 Å². The minimum absolute atomic E-state index is 0.0942. The Balaban J connectivity index is 1.73. The van der Waals surface area contributed by atoms with E-state index < -0.39 is 41.6 Å². The van der Waals surface area contributed by atoms with Gasteiger partial charge in [0.1, 0.15) is 0 Å². The summed E-state index contributed by atoms with van der Waals surface area (Å²) in [6, 6.07) is 7.32. The number of ketones is 2. The Kier molecular flexibility index (Phi) is 7.36. The number of allylic oxidation sites excluding steroid dienone is 1. The Labute approximate surface area is 191 Å². The van der Waals surface area contributed by atoms with Gasteiger partial charge in [0.05, 0.1) is 16.5 Å². The van der Waals surface area contributed by atoms with Gasteiger partial charge in [-0.1, -0.05) is 41.9 Å². The fourth-order valence-electron chi connectivity index (χ4n) is 3.37. The molecule has 0 bridgehead atoms. The van der Waals surface area contributed by atoms with E-state index in [-0.39, 0.29) is 10.8 Å². The van der Waals surface area contributed by atoms with Crippen LogP contribution in [0, 0.1) is 5.92 Å². The zero-order valence-electron chi connectivity index (χ0n) is 17.1. The number of alkyl halides is 6. The summed E-state index contributed by atoms with van der Waals surface area (Å²) in [6.45, 7) is 0. The molecule has 0 heterocycles. The normalized spacial score (nSPS) is 15.6. The van der Waals surface area contributed by atoms with Crippen LogP contribution in [0.1, 0.15) is 58.6 Å².